The van der Waals surface area contributed by atoms with Crippen LogP contribution in [0.15, 0.2) is 36.0 Å². The van der Waals surface area contributed by atoms with E-state index in [4.69, 9.17) is 5.26 Å². The molecule has 4 nitrogen and oxygen atoms in total. The maximum atomic E-state index is 11.7. The first kappa shape index (κ1) is 13.8. The molecule has 0 aromatic heterocycles. The summed E-state index contributed by atoms with van der Waals surface area (Å²) >= 11 is 0. The van der Waals surface area contributed by atoms with Crippen LogP contribution < -0.4 is 5.32 Å². The predicted octanol–water partition coefficient (Wildman–Crippen LogP) is 1.58. The molecule has 0 saturated heterocycles. The number of amides is 1. The fourth-order valence-corrected chi connectivity index (χ4v) is 1.38. The lowest BCUT2D eigenvalue weighted by atomic mass is 10.1. The van der Waals surface area contributed by atoms with Crippen molar-refractivity contribution in [2.24, 2.45) is 0 Å². The van der Waals surface area contributed by atoms with Gasteiger partial charge in [-0.15, -0.1) is 0 Å². The van der Waals surface area contributed by atoms with Crippen LogP contribution >= 0.6 is 0 Å². The molecule has 0 aliphatic carbocycles. The highest BCUT2D eigenvalue weighted by atomic mass is 16.1. The van der Waals surface area contributed by atoms with E-state index in [0.29, 0.717) is 6.54 Å². The largest absolute Gasteiger partial charge is 0.382 e. The summed E-state index contributed by atoms with van der Waals surface area (Å²) in [6.07, 6.45) is 1.50. The molecular weight excluding hydrogens is 226 g/mol. The van der Waals surface area contributed by atoms with Crippen molar-refractivity contribution < 1.29 is 4.79 Å². The summed E-state index contributed by atoms with van der Waals surface area (Å²) in [7, 11) is 3.54. The smallest absolute Gasteiger partial charge is 0.263 e. The Morgan fingerprint density at radius 1 is 1.39 bits per heavy atom. The number of nitrogens with one attached hydrogen (secondary N) is 1. The molecule has 0 aliphatic rings. The molecule has 1 amide bonds. The van der Waals surface area contributed by atoms with E-state index in [1.807, 2.05) is 37.3 Å². The van der Waals surface area contributed by atoms with Gasteiger partial charge in [0, 0.05) is 26.8 Å². The van der Waals surface area contributed by atoms with Crippen molar-refractivity contribution in [3.8, 4) is 6.07 Å². The summed E-state index contributed by atoms with van der Waals surface area (Å²) in [5.41, 5.74) is 2.29. The molecule has 0 unspecified atom stereocenters. The lowest BCUT2D eigenvalue weighted by Crippen LogP contribution is -2.25. The average Bonchev–Trinajstić information content (AvgIpc) is 2.34. The maximum Gasteiger partial charge on any atom is 0.263 e. The van der Waals surface area contributed by atoms with E-state index in [1.54, 1.807) is 19.0 Å². The number of aryl methyl sites for hydroxylation is 1. The van der Waals surface area contributed by atoms with Crippen LogP contribution in [0.25, 0.3) is 0 Å². The van der Waals surface area contributed by atoms with Gasteiger partial charge in [-0.05, 0) is 12.5 Å². The van der Waals surface area contributed by atoms with Crippen molar-refractivity contribution in [3.05, 3.63) is 47.2 Å². The number of nitriles is 1. The molecule has 0 saturated carbocycles. The van der Waals surface area contributed by atoms with Gasteiger partial charge in [0.25, 0.3) is 5.91 Å². The van der Waals surface area contributed by atoms with Gasteiger partial charge in [0.15, 0.2) is 0 Å². The van der Waals surface area contributed by atoms with Gasteiger partial charge < -0.3 is 10.2 Å². The standard InChI is InChI=1S/C14H17N3O/c1-11-4-6-12(7-5-11)9-16-14(18)13(8-15)10-17(2)3/h4-7,10H,9H2,1-3H3,(H,16,18)/b13-10+. The van der Waals surface area contributed by atoms with E-state index in [2.05, 4.69) is 5.32 Å². The molecule has 0 aliphatic heterocycles. The quantitative estimate of drug-likeness (QED) is 0.645. The molecule has 94 valence electrons. The minimum atomic E-state index is -0.355. The van der Waals surface area contributed by atoms with Crippen molar-refractivity contribution in [1.29, 1.82) is 5.26 Å². The van der Waals surface area contributed by atoms with E-state index in [-0.39, 0.29) is 11.5 Å². The summed E-state index contributed by atoms with van der Waals surface area (Å²) in [6, 6.07) is 9.77. The molecule has 0 fully saturated rings. The fraction of sp³-hybridized carbons (Fsp3) is 0.286. The molecule has 1 N–H and O–H groups in total. The Morgan fingerprint density at radius 3 is 2.50 bits per heavy atom. The second kappa shape index (κ2) is 6.45. The minimum absolute atomic E-state index is 0.104. The first-order valence-electron chi connectivity index (χ1n) is 5.65. The zero-order valence-corrected chi connectivity index (χ0v) is 10.9. The van der Waals surface area contributed by atoms with E-state index < -0.39 is 0 Å². The molecule has 0 bridgehead atoms. The fourth-order valence-electron chi connectivity index (χ4n) is 1.38. The Hall–Kier alpha value is -2.28. The lowest BCUT2D eigenvalue weighted by Gasteiger charge is -2.08. The van der Waals surface area contributed by atoms with Gasteiger partial charge in [0.2, 0.25) is 0 Å². The lowest BCUT2D eigenvalue weighted by molar-refractivity contribution is -0.117. The SMILES string of the molecule is Cc1ccc(CNC(=O)/C(C#N)=C/N(C)C)cc1. The van der Waals surface area contributed by atoms with Crippen LogP contribution in [0.2, 0.25) is 0 Å². The number of hydrogen-bond acceptors (Lipinski definition) is 3. The van der Waals surface area contributed by atoms with Crippen LogP contribution in [0.1, 0.15) is 11.1 Å². The van der Waals surface area contributed by atoms with E-state index in [0.717, 1.165) is 5.56 Å². The van der Waals surface area contributed by atoms with Crippen molar-refractivity contribution in [2.75, 3.05) is 14.1 Å². The highest BCUT2D eigenvalue weighted by Gasteiger charge is 2.08. The van der Waals surface area contributed by atoms with Gasteiger partial charge in [0.05, 0.1) is 0 Å². The molecule has 1 aromatic carbocycles. The van der Waals surface area contributed by atoms with E-state index in [9.17, 15) is 4.79 Å². The van der Waals surface area contributed by atoms with Crippen LogP contribution in [0.5, 0.6) is 0 Å². The van der Waals surface area contributed by atoms with E-state index >= 15 is 0 Å². The monoisotopic (exact) mass is 243 g/mol. The van der Waals surface area contributed by atoms with Gasteiger partial charge in [0.1, 0.15) is 11.6 Å². The Bertz CT molecular complexity index is 481. The third-order valence-electron chi connectivity index (χ3n) is 2.33. The number of benzene rings is 1. The van der Waals surface area contributed by atoms with Gasteiger partial charge >= 0.3 is 0 Å². The van der Waals surface area contributed by atoms with Gasteiger partial charge in [-0.1, -0.05) is 29.8 Å². The highest BCUT2D eigenvalue weighted by Crippen LogP contribution is 2.03. The summed E-state index contributed by atoms with van der Waals surface area (Å²) in [4.78, 5) is 13.4. The van der Waals surface area contributed by atoms with Crippen LogP contribution in [-0.2, 0) is 11.3 Å². The summed E-state index contributed by atoms with van der Waals surface area (Å²) in [6.45, 7) is 2.43. The van der Waals surface area contributed by atoms with Gasteiger partial charge in [-0.25, -0.2) is 0 Å². The third kappa shape index (κ3) is 4.30. The van der Waals surface area contributed by atoms with E-state index in [1.165, 1.54) is 11.8 Å². The molecule has 0 atom stereocenters. The van der Waals surface area contributed by atoms with Crippen LogP contribution in [0.3, 0.4) is 0 Å². The molecule has 0 radical (unpaired) electrons. The number of carbonyl (C=O) groups is 1. The van der Waals surface area contributed by atoms with Crippen LogP contribution in [0.4, 0.5) is 0 Å². The molecule has 1 aromatic rings. The Morgan fingerprint density at radius 2 is 2.00 bits per heavy atom. The number of rotatable bonds is 4. The van der Waals surface area contributed by atoms with Crippen molar-refractivity contribution >= 4 is 5.91 Å². The van der Waals surface area contributed by atoms with Crippen molar-refractivity contribution in [2.45, 2.75) is 13.5 Å². The topological polar surface area (TPSA) is 56.1 Å². The Kier molecular flexibility index (Phi) is 4.94. The predicted molar refractivity (Wildman–Crippen MR) is 70.4 cm³/mol. The summed E-state index contributed by atoms with van der Waals surface area (Å²) < 4.78 is 0. The zero-order chi connectivity index (χ0) is 13.5. The maximum absolute atomic E-state index is 11.7. The van der Waals surface area contributed by atoms with Gasteiger partial charge in [-0.2, -0.15) is 5.26 Å². The third-order valence-corrected chi connectivity index (χ3v) is 2.33. The van der Waals surface area contributed by atoms with Crippen molar-refractivity contribution in [3.63, 3.8) is 0 Å². The molecule has 0 spiro atoms. The summed E-state index contributed by atoms with van der Waals surface area (Å²) in [5, 5.41) is 11.6. The molecular formula is C14H17N3O. The second-order valence-corrected chi connectivity index (χ2v) is 4.29. The number of carbonyl (C=O) groups excluding carboxylic acids is 1. The van der Waals surface area contributed by atoms with Crippen LogP contribution in [0, 0.1) is 18.3 Å². The Labute approximate surface area is 108 Å². The Balaban J connectivity index is 2.61. The highest BCUT2D eigenvalue weighted by molar-refractivity contribution is 5.97. The normalized spacial score (nSPS) is 10.7. The van der Waals surface area contributed by atoms with Crippen molar-refractivity contribution in [1.82, 2.24) is 10.2 Å². The molecule has 0 heterocycles. The zero-order valence-electron chi connectivity index (χ0n) is 10.9. The average molecular weight is 243 g/mol. The minimum Gasteiger partial charge on any atom is -0.382 e. The first-order chi connectivity index (χ1) is 8.52. The number of hydrogen-bond donors (Lipinski definition) is 1. The number of nitrogens with zero attached hydrogens (tertiary/aromatic N) is 2. The first-order valence-corrected chi connectivity index (χ1v) is 5.65. The molecule has 18 heavy (non-hydrogen) atoms. The summed E-state index contributed by atoms with van der Waals surface area (Å²) in [5.74, 6) is -0.355. The molecule has 1 rings (SSSR count). The van der Waals surface area contributed by atoms with Crippen LogP contribution in [-0.4, -0.2) is 24.9 Å². The van der Waals surface area contributed by atoms with Gasteiger partial charge in [-0.3, -0.25) is 4.79 Å². The second-order valence-electron chi connectivity index (χ2n) is 4.29. The molecule has 4 heteroatoms.